The van der Waals surface area contributed by atoms with Crippen LogP contribution in [0.4, 0.5) is 0 Å². The summed E-state index contributed by atoms with van der Waals surface area (Å²) in [6.07, 6.45) is -0.375. The van der Waals surface area contributed by atoms with Crippen LogP contribution in [0.25, 0.3) is 0 Å². The Balaban J connectivity index is 0. The van der Waals surface area contributed by atoms with E-state index in [9.17, 15) is 4.57 Å². The summed E-state index contributed by atoms with van der Waals surface area (Å²) in [5.41, 5.74) is 5.19. The SMILES string of the molecule is Br.CC(C)OP(=O)(NCCSC(=N)N)OC(C)C. The van der Waals surface area contributed by atoms with Crippen LogP contribution >= 0.6 is 36.5 Å². The van der Waals surface area contributed by atoms with Crippen LogP contribution in [0.5, 0.6) is 0 Å². The third-order valence-corrected chi connectivity index (χ3v) is 4.09. The van der Waals surface area contributed by atoms with Crippen molar-refractivity contribution < 1.29 is 13.6 Å². The van der Waals surface area contributed by atoms with Gasteiger partial charge in [-0.05, 0) is 27.7 Å². The fraction of sp³-hybridized carbons (Fsp3) is 0.889. The van der Waals surface area contributed by atoms with E-state index >= 15 is 0 Å². The molecule has 0 rings (SSSR count). The van der Waals surface area contributed by atoms with Crippen LogP contribution in [0, 0.1) is 5.41 Å². The van der Waals surface area contributed by atoms with Crippen molar-refractivity contribution in [1.82, 2.24) is 5.09 Å². The molecule has 0 aromatic rings. The van der Waals surface area contributed by atoms with Crippen LogP contribution in [-0.2, 0) is 13.6 Å². The number of rotatable bonds is 8. The summed E-state index contributed by atoms with van der Waals surface area (Å²) in [4.78, 5) is 0. The number of halogens is 1. The summed E-state index contributed by atoms with van der Waals surface area (Å²) in [6, 6.07) is 0. The first-order chi connectivity index (χ1) is 7.75. The highest BCUT2D eigenvalue weighted by Gasteiger charge is 2.26. The van der Waals surface area contributed by atoms with Gasteiger partial charge in [0.1, 0.15) is 0 Å². The van der Waals surface area contributed by atoms with Crippen LogP contribution in [0.1, 0.15) is 27.7 Å². The maximum Gasteiger partial charge on any atom is 0.406 e. The first-order valence-electron chi connectivity index (χ1n) is 5.44. The smallest absolute Gasteiger partial charge is 0.379 e. The molecule has 0 bridgehead atoms. The molecule has 0 fully saturated rings. The Hall–Kier alpha value is 0.410. The molecule has 0 unspecified atom stereocenters. The molecular formula is C9H23BrN3O3PS. The summed E-state index contributed by atoms with van der Waals surface area (Å²) in [5.74, 6) is 0.544. The quantitative estimate of drug-likeness (QED) is 0.265. The molecule has 0 aliphatic carbocycles. The highest BCUT2D eigenvalue weighted by atomic mass is 79.9. The number of nitrogens with one attached hydrogen (secondary N) is 2. The van der Waals surface area contributed by atoms with E-state index < -0.39 is 7.75 Å². The van der Waals surface area contributed by atoms with E-state index in [1.54, 1.807) is 27.7 Å². The topological polar surface area (TPSA) is 97.4 Å². The van der Waals surface area contributed by atoms with E-state index in [0.717, 1.165) is 0 Å². The van der Waals surface area contributed by atoms with Crippen molar-refractivity contribution in [2.24, 2.45) is 5.73 Å². The van der Waals surface area contributed by atoms with Gasteiger partial charge in [-0.2, -0.15) is 0 Å². The molecule has 0 heterocycles. The molecule has 4 N–H and O–H groups in total. The Kier molecular flexibility index (Phi) is 11.8. The van der Waals surface area contributed by atoms with Gasteiger partial charge in [0, 0.05) is 12.3 Å². The zero-order chi connectivity index (χ0) is 13.5. The van der Waals surface area contributed by atoms with Gasteiger partial charge in [0.05, 0.1) is 12.2 Å². The molecule has 0 atom stereocenters. The van der Waals surface area contributed by atoms with Gasteiger partial charge in [-0.3, -0.25) is 14.5 Å². The molecular weight excluding hydrogens is 341 g/mol. The van der Waals surface area contributed by atoms with E-state index in [1.165, 1.54) is 11.8 Å². The van der Waals surface area contributed by atoms with Crippen molar-refractivity contribution in [3.05, 3.63) is 0 Å². The predicted octanol–water partition coefficient (Wildman–Crippen LogP) is 2.74. The van der Waals surface area contributed by atoms with E-state index in [4.69, 9.17) is 20.2 Å². The normalized spacial score (nSPS) is 11.7. The molecule has 0 saturated heterocycles. The summed E-state index contributed by atoms with van der Waals surface area (Å²) in [7, 11) is -3.27. The van der Waals surface area contributed by atoms with Gasteiger partial charge in [-0.15, -0.1) is 17.0 Å². The predicted molar refractivity (Wildman–Crippen MR) is 82.7 cm³/mol. The fourth-order valence-corrected chi connectivity index (χ4v) is 3.27. The first-order valence-corrected chi connectivity index (χ1v) is 7.97. The standard InChI is InChI=1S/C9H22N3O3PS.BrH/c1-7(2)14-16(13,15-8(3)4)12-5-6-17-9(10)11;/h7-8H,5-6H2,1-4H3,(H3,10,11)(H,12,13);1H. The maximum atomic E-state index is 12.2. The molecule has 18 heavy (non-hydrogen) atoms. The lowest BCUT2D eigenvalue weighted by molar-refractivity contribution is 0.136. The zero-order valence-electron chi connectivity index (χ0n) is 11.1. The van der Waals surface area contributed by atoms with Crippen LogP contribution in [-0.4, -0.2) is 29.7 Å². The number of hydrogen-bond donors (Lipinski definition) is 3. The van der Waals surface area contributed by atoms with Crippen molar-refractivity contribution in [2.75, 3.05) is 12.3 Å². The second-order valence-electron chi connectivity index (χ2n) is 3.93. The number of amidine groups is 1. The maximum absolute atomic E-state index is 12.2. The molecule has 9 heteroatoms. The molecule has 0 radical (unpaired) electrons. The highest BCUT2D eigenvalue weighted by molar-refractivity contribution is 8.93. The average molecular weight is 364 g/mol. The summed E-state index contributed by atoms with van der Waals surface area (Å²) in [5, 5.41) is 9.83. The van der Waals surface area contributed by atoms with Gasteiger partial charge in [-0.25, -0.2) is 9.65 Å². The Morgan fingerprint density at radius 2 is 1.78 bits per heavy atom. The Labute approximate surface area is 124 Å². The van der Waals surface area contributed by atoms with Crippen LogP contribution < -0.4 is 10.8 Å². The lowest BCUT2D eigenvalue weighted by Crippen LogP contribution is -2.22. The second kappa shape index (κ2) is 10.2. The highest BCUT2D eigenvalue weighted by Crippen LogP contribution is 2.45. The van der Waals surface area contributed by atoms with Crippen molar-refractivity contribution in [3.8, 4) is 0 Å². The zero-order valence-corrected chi connectivity index (χ0v) is 14.6. The van der Waals surface area contributed by atoms with Crippen LogP contribution in [0.2, 0.25) is 0 Å². The molecule has 0 aromatic heterocycles. The minimum atomic E-state index is -3.27. The molecule has 0 saturated carbocycles. The number of hydrogen-bond acceptors (Lipinski definition) is 5. The molecule has 110 valence electrons. The third-order valence-electron chi connectivity index (χ3n) is 1.36. The number of thioether (sulfide) groups is 1. The van der Waals surface area contributed by atoms with E-state index in [0.29, 0.717) is 12.3 Å². The second-order valence-corrected chi connectivity index (χ2v) is 6.80. The molecule has 0 spiro atoms. The van der Waals surface area contributed by atoms with E-state index in [2.05, 4.69) is 5.09 Å². The summed E-state index contributed by atoms with van der Waals surface area (Å²) >= 11 is 1.18. The Morgan fingerprint density at radius 3 is 2.11 bits per heavy atom. The third kappa shape index (κ3) is 11.5. The lowest BCUT2D eigenvalue weighted by Gasteiger charge is -2.23. The Morgan fingerprint density at radius 1 is 1.33 bits per heavy atom. The largest absolute Gasteiger partial charge is 0.406 e. The van der Waals surface area contributed by atoms with Crippen molar-refractivity contribution in [3.63, 3.8) is 0 Å². The van der Waals surface area contributed by atoms with E-state index in [1.807, 2.05) is 0 Å². The summed E-state index contributed by atoms with van der Waals surface area (Å²) in [6.45, 7) is 7.58. The molecule has 6 nitrogen and oxygen atoms in total. The van der Waals surface area contributed by atoms with Gasteiger partial charge >= 0.3 is 7.75 Å². The van der Waals surface area contributed by atoms with Gasteiger partial charge in [-0.1, -0.05) is 11.8 Å². The molecule has 0 aromatic carbocycles. The fourth-order valence-electron chi connectivity index (χ4n) is 0.998. The number of nitrogens with two attached hydrogens (primary N) is 1. The minimum absolute atomic E-state index is 0. The van der Waals surface area contributed by atoms with Crippen LogP contribution in [0.15, 0.2) is 0 Å². The van der Waals surface area contributed by atoms with Gasteiger partial charge in [0.25, 0.3) is 0 Å². The van der Waals surface area contributed by atoms with Gasteiger partial charge in [0.2, 0.25) is 0 Å². The minimum Gasteiger partial charge on any atom is -0.379 e. The summed E-state index contributed by atoms with van der Waals surface area (Å²) < 4.78 is 22.8. The average Bonchev–Trinajstić information content (AvgIpc) is 2.09. The lowest BCUT2D eigenvalue weighted by atomic mass is 10.5. The van der Waals surface area contributed by atoms with Crippen molar-refractivity contribution in [1.29, 1.82) is 5.41 Å². The van der Waals surface area contributed by atoms with Crippen molar-refractivity contribution in [2.45, 2.75) is 39.9 Å². The molecule has 0 amide bonds. The van der Waals surface area contributed by atoms with Gasteiger partial charge in [0.15, 0.2) is 5.17 Å². The van der Waals surface area contributed by atoms with Crippen LogP contribution in [0.3, 0.4) is 0 Å². The first kappa shape index (κ1) is 20.7. The van der Waals surface area contributed by atoms with E-state index in [-0.39, 0.29) is 34.4 Å². The molecule has 0 aliphatic rings. The molecule has 0 aliphatic heterocycles. The Bertz CT molecular complexity index is 278. The van der Waals surface area contributed by atoms with Gasteiger partial charge < -0.3 is 5.73 Å². The monoisotopic (exact) mass is 363 g/mol. The van der Waals surface area contributed by atoms with Crippen molar-refractivity contribution >= 4 is 41.7 Å².